The van der Waals surface area contributed by atoms with Gasteiger partial charge in [0, 0.05) is 18.1 Å². The standard InChI is InChI=1S/C11H20N2O2/c1-2-15-9-6-8(13-10(14)7-12)11(9)4-3-5-11/h8-9H,2-7,12H2,1H3,(H,13,14). The topological polar surface area (TPSA) is 64.3 Å². The van der Waals surface area contributed by atoms with E-state index >= 15 is 0 Å². The Hall–Kier alpha value is -0.610. The molecule has 0 aromatic rings. The third-order valence-electron chi connectivity index (χ3n) is 3.96. The second-order valence-corrected chi connectivity index (χ2v) is 4.59. The molecule has 4 heteroatoms. The van der Waals surface area contributed by atoms with Crippen molar-refractivity contribution in [1.29, 1.82) is 0 Å². The van der Waals surface area contributed by atoms with Crippen LogP contribution in [0.4, 0.5) is 0 Å². The number of nitrogens with two attached hydrogens (primary N) is 1. The van der Waals surface area contributed by atoms with Crippen LogP contribution in [0.1, 0.15) is 32.6 Å². The fraction of sp³-hybridized carbons (Fsp3) is 0.909. The number of rotatable bonds is 4. The van der Waals surface area contributed by atoms with Gasteiger partial charge >= 0.3 is 0 Å². The average Bonchev–Trinajstić information content (AvgIpc) is 2.13. The van der Waals surface area contributed by atoms with Gasteiger partial charge in [0.25, 0.3) is 0 Å². The van der Waals surface area contributed by atoms with Crippen molar-refractivity contribution >= 4 is 5.91 Å². The van der Waals surface area contributed by atoms with Crippen molar-refractivity contribution in [2.24, 2.45) is 11.1 Å². The van der Waals surface area contributed by atoms with Crippen LogP contribution in [-0.4, -0.2) is 31.2 Å². The number of nitrogens with one attached hydrogen (secondary N) is 1. The number of carbonyl (C=O) groups is 1. The summed E-state index contributed by atoms with van der Waals surface area (Å²) in [6.07, 6.45) is 4.96. The summed E-state index contributed by atoms with van der Waals surface area (Å²) in [5, 5.41) is 3.00. The molecule has 2 unspecified atom stereocenters. The van der Waals surface area contributed by atoms with Crippen molar-refractivity contribution in [3.05, 3.63) is 0 Å². The van der Waals surface area contributed by atoms with Gasteiger partial charge in [0.1, 0.15) is 0 Å². The van der Waals surface area contributed by atoms with Gasteiger partial charge in [-0.2, -0.15) is 0 Å². The van der Waals surface area contributed by atoms with E-state index in [-0.39, 0.29) is 17.9 Å². The summed E-state index contributed by atoms with van der Waals surface area (Å²) < 4.78 is 5.70. The van der Waals surface area contributed by atoms with E-state index in [0.717, 1.165) is 13.0 Å². The van der Waals surface area contributed by atoms with Gasteiger partial charge in [-0.25, -0.2) is 0 Å². The minimum atomic E-state index is -0.0405. The molecule has 2 rings (SSSR count). The third kappa shape index (κ3) is 1.66. The number of hydrogen-bond donors (Lipinski definition) is 2. The molecule has 2 fully saturated rings. The quantitative estimate of drug-likeness (QED) is 0.709. The van der Waals surface area contributed by atoms with E-state index in [9.17, 15) is 4.79 Å². The molecule has 0 bridgehead atoms. The van der Waals surface area contributed by atoms with Crippen molar-refractivity contribution in [2.45, 2.75) is 44.8 Å². The Morgan fingerprint density at radius 3 is 2.80 bits per heavy atom. The maximum atomic E-state index is 11.2. The first-order chi connectivity index (χ1) is 7.23. The van der Waals surface area contributed by atoms with E-state index < -0.39 is 0 Å². The molecule has 0 saturated heterocycles. The lowest BCUT2D eigenvalue weighted by atomic mass is 9.51. The smallest absolute Gasteiger partial charge is 0.233 e. The Morgan fingerprint density at radius 1 is 1.60 bits per heavy atom. The molecule has 0 radical (unpaired) electrons. The van der Waals surface area contributed by atoms with E-state index in [0.29, 0.717) is 12.1 Å². The Labute approximate surface area is 90.5 Å². The van der Waals surface area contributed by atoms with Crippen LogP contribution in [0.2, 0.25) is 0 Å². The fourth-order valence-electron chi connectivity index (χ4n) is 2.89. The highest BCUT2D eigenvalue weighted by atomic mass is 16.5. The zero-order valence-corrected chi connectivity index (χ0v) is 9.29. The molecule has 1 spiro atoms. The molecule has 0 aromatic heterocycles. The summed E-state index contributed by atoms with van der Waals surface area (Å²) in [7, 11) is 0. The molecule has 1 amide bonds. The zero-order valence-electron chi connectivity index (χ0n) is 9.29. The van der Waals surface area contributed by atoms with Crippen LogP contribution in [0.3, 0.4) is 0 Å². The molecule has 2 aliphatic carbocycles. The minimum Gasteiger partial charge on any atom is -0.378 e. The molecular weight excluding hydrogens is 192 g/mol. The second kappa shape index (κ2) is 4.10. The molecule has 15 heavy (non-hydrogen) atoms. The van der Waals surface area contributed by atoms with E-state index in [2.05, 4.69) is 5.32 Å². The average molecular weight is 212 g/mol. The molecule has 0 aliphatic heterocycles. The first kappa shape index (κ1) is 10.9. The van der Waals surface area contributed by atoms with Crippen LogP contribution in [0.15, 0.2) is 0 Å². The third-order valence-corrected chi connectivity index (χ3v) is 3.96. The lowest BCUT2D eigenvalue weighted by molar-refractivity contribution is -0.175. The summed E-state index contributed by atoms with van der Waals surface area (Å²) in [5.74, 6) is -0.0405. The molecule has 2 atom stereocenters. The van der Waals surface area contributed by atoms with Crippen LogP contribution < -0.4 is 11.1 Å². The summed E-state index contributed by atoms with van der Waals surface area (Å²) in [5.41, 5.74) is 5.55. The van der Waals surface area contributed by atoms with Crippen molar-refractivity contribution in [1.82, 2.24) is 5.32 Å². The predicted octanol–water partition coefficient (Wildman–Crippen LogP) is 0.409. The Morgan fingerprint density at radius 2 is 2.33 bits per heavy atom. The van der Waals surface area contributed by atoms with Crippen LogP contribution in [0.5, 0.6) is 0 Å². The highest BCUT2D eigenvalue weighted by molar-refractivity contribution is 5.78. The molecule has 2 saturated carbocycles. The summed E-state index contributed by atoms with van der Waals surface area (Å²) in [6.45, 7) is 2.88. The maximum Gasteiger partial charge on any atom is 0.233 e. The minimum absolute atomic E-state index is 0.0405. The van der Waals surface area contributed by atoms with E-state index in [4.69, 9.17) is 10.5 Å². The van der Waals surface area contributed by atoms with Crippen molar-refractivity contribution < 1.29 is 9.53 Å². The van der Waals surface area contributed by atoms with Crippen molar-refractivity contribution in [3.63, 3.8) is 0 Å². The molecule has 3 N–H and O–H groups in total. The van der Waals surface area contributed by atoms with Gasteiger partial charge in [-0.1, -0.05) is 6.42 Å². The molecule has 2 aliphatic rings. The van der Waals surface area contributed by atoms with Gasteiger partial charge in [-0.05, 0) is 26.2 Å². The van der Waals surface area contributed by atoms with Crippen LogP contribution in [-0.2, 0) is 9.53 Å². The number of hydrogen-bond acceptors (Lipinski definition) is 3. The van der Waals surface area contributed by atoms with E-state index in [1.54, 1.807) is 0 Å². The summed E-state index contributed by atoms with van der Waals surface area (Å²) >= 11 is 0. The highest BCUT2D eigenvalue weighted by Gasteiger charge is 2.59. The van der Waals surface area contributed by atoms with Gasteiger partial charge in [-0.15, -0.1) is 0 Å². The summed E-state index contributed by atoms with van der Waals surface area (Å²) in [4.78, 5) is 11.2. The molecule has 0 aromatic carbocycles. The Kier molecular flexibility index (Phi) is 2.98. The van der Waals surface area contributed by atoms with Gasteiger partial charge in [0.15, 0.2) is 0 Å². The highest BCUT2D eigenvalue weighted by Crippen LogP contribution is 2.57. The normalized spacial score (nSPS) is 31.9. The SMILES string of the molecule is CCOC1CC(NC(=O)CN)C12CCC2. The Bertz CT molecular complexity index is 251. The lowest BCUT2D eigenvalue weighted by Crippen LogP contribution is -2.68. The van der Waals surface area contributed by atoms with Gasteiger partial charge in [0.2, 0.25) is 5.91 Å². The molecule has 4 nitrogen and oxygen atoms in total. The van der Waals surface area contributed by atoms with Crippen molar-refractivity contribution in [2.75, 3.05) is 13.2 Å². The molecular formula is C11H20N2O2. The van der Waals surface area contributed by atoms with Gasteiger partial charge in [-0.3, -0.25) is 4.79 Å². The maximum absolute atomic E-state index is 11.2. The number of ether oxygens (including phenoxy) is 1. The van der Waals surface area contributed by atoms with Crippen LogP contribution >= 0.6 is 0 Å². The van der Waals surface area contributed by atoms with E-state index in [1.165, 1.54) is 19.3 Å². The van der Waals surface area contributed by atoms with Crippen LogP contribution in [0, 0.1) is 5.41 Å². The first-order valence-electron chi connectivity index (χ1n) is 5.84. The van der Waals surface area contributed by atoms with Gasteiger partial charge in [0.05, 0.1) is 12.6 Å². The number of amides is 1. The Balaban J connectivity index is 1.90. The number of carbonyl (C=O) groups excluding carboxylic acids is 1. The largest absolute Gasteiger partial charge is 0.378 e. The summed E-state index contributed by atoms with van der Waals surface area (Å²) in [6, 6.07) is 0.304. The molecule has 86 valence electrons. The van der Waals surface area contributed by atoms with Gasteiger partial charge < -0.3 is 15.8 Å². The monoisotopic (exact) mass is 212 g/mol. The predicted molar refractivity (Wildman–Crippen MR) is 57.3 cm³/mol. The van der Waals surface area contributed by atoms with Crippen LogP contribution in [0.25, 0.3) is 0 Å². The lowest BCUT2D eigenvalue weighted by Gasteiger charge is -2.61. The zero-order chi connectivity index (χ0) is 10.9. The first-order valence-corrected chi connectivity index (χ1v) is 5.84. The van der Waals surface area contributed by atoms with Crippen molar-refractivity contribution in [3.8, 4) is 0 Å². The second-order valence-electron chi connectivity index (χ2n) is 4.59. The molecule has 0 heterocycles. The fourth-order valence-corrected chi connectivity index (χ4v) is 2.89. The van der Waals surface area contributed by atoms with E-state index in [1.807, 2.05) is 6.92 Å².